The van der Waals surface area contributed by atoms with Crippen LogP contribution in [0.1, 0.15) is 22.7 Å². The molecule has 25 heavy (non-hydrogen) atoms. The highest BCUT2D eigenvalue weighted by Crippen LogP contribution is 2.44. The molecule has 0 aliphatic heterocycles. The molecule has 0 atom stereocenters. The standard InChI is InChI=1S/C19H16N2O4/c22-9-12-10-24-18(20-12)21-19(23)25-11-17-15-7-3-1-5-13(15)14-6-2-4-8-16(14)17/h1-8,10,17,22H,9,11H2,(H,20,21,23). The van der Waals surface area contributed by atoms with Gasteiger partial charge in [-0.05, 0) is 22.3 Å². The number of oxazole rings is 1. The first kappa shape index (κ1) is 15.4. The maximum atomic E-state index is 12.0. The molecule has 3 aromatic rings. The van der Waals surface area contributed by atoms with Crippen LogP contribution in [0.5, 0.6) is 0 Å². The summed E-state index contributed by atoms with van der Waals surface area (Å²) in [7, 11) is 0. The van der Waals surface area contributed by atoms with E-state index in [1.807, 2.05) is 24.3 Å². The van der Waals surface area contributed by atoms with Gasteiger partial charge in [0, 0.05) is 5.92 Å². The molecular formula is C19H16N2O4. The van der Waals surface area contributed by atoms with Gasteiger partial charge in [-0.15, -0.1) is 0 Å². The number of nitrogens with one attached hydrogen (secondary N) is 1. The van der Waals surface area contributed by atoms with Crippen molar-refractivity contribution in [1.82, 2.24) is 4.98 Å². The van der Waals surface area contributed by atoms with Crippen molar-refractivity contribution in [3.05, 3.63) is 71.6 Å². The Labute approximate surface area is 144 Å². The maximum Gasteiger partial charge on any atom is 0.415 e. The van der Waals surface area contributed by atoms with Gasteiger partial charge in [0.1, 0.15) is 18.6 Å². The van der Waals surface area contributed by atoms with Gasteiger partial charge >= 0.3 is 12.1 Å². The fourth-order valence-electron chi connectivity index (χ4n) is 3.16. The van der Waals surface area contributed by atoms with Gasteiger partial charge in [-0.25, -0.2) is 10.1 Å². The second-order valence-electron chi connectivity index (χ2n) is 5.75. The van der Waals surface area contributed by atoms with E-state index < -0.39 is 6.09 Å². The monoisotopic (exact) mass is 336 g/mol. The number of benzene rings is 2. The number of hydrogen-bond donors (Lipinski definition) is 2. The van der Waals surface area contributed by atoms with Gasteiger partial charge in [0.05, 0.1) is 6.61 Å². The zero-order valence-corrected chi connectivity index (χ0v) is 13.3. The molecule has 0 radical (unpaired) electrons. The van der Waals surface area contributed by atoms with Gasteiger partial charge in [-0.2, -0.15) is 4.98 Å². The predicted octanol–water partition coefficient (Wildman–Crippen LogP) is 3.53. The molecular weight excluding hydrogens is 320 g/mol. The van der Waals surface area contributed by atoms with E-state index in [0.29, 0.717) is 5.69 Å². The van der Waals surface area contributed by atoms with E-state index in [-0.39, 0.29) is 25.1 Å². The van der Waals surface area contributed by atoms with Crippen LogP contribution in [0.2, 0.25) is 0 Å². The lowest BCUT2D eigenvalue weighted by atomic mass is 9.98. The van der Waals surface area contributed by atoms with Gasteiger partial charge in [0.15, 0.2) is 0 Å². The smallest absolute Gasteiger partial charge is 0.415 e. The molecule has 2 N–H and O–H groups in total. The molecule has 0 spiro atoms. The van der Waals surface area contributed by atoms with Gasteiger partial charge in [-0.3, -0.25) is 0 Å². The van der Waals surface area contributed by atoms with Gasteiger partial charge < -0.3 is 14.3 Å². The van der Waals surface area contributed by atoms with Crippen molar-refractivity contribution in [3.63, 3.8) is 0 Å². The lowest BCUT2D eigenvalue weighted by Crippen LogP contribution is -2.18. The fraction of sp³-hybridized carbons (Fsp3) is 0.158. The van der Waals surface area contributed by atoms with Crippen LogP contribution in [-0.4, -0.2) is 22.8 Å². The summed E-state index contributed by atoms with van der Waals surface area (Å²) in [6, 6.07) is 16.3. The van der Waals surface area contributed by atoms with Crippen LogP contribution in [0.4, 0.5) is 10.8 Å². The van der Waals surface area contributed by atoms with Crippen LogP contribution in [0.25, 0.3) is 11.1 Å². The highest BCUT2D eigenvalue weighted by Gasteiger charge is 2.29. The topological polar surface area (TPSA) is 84.6 Å². The molecule has 0 saturated heterocycles. The van der Waals surface area contributed by atoms with Crippen LogP contribution in [0, 0.1) is 0 Å². The summed E-state index contributed by atoms with van der Waals surface area (Å²) in [5.41, 5.74) is 4.99. The average Bonchev–Trinajstić information content (AvgIpc) is 3.22. The highest BCUT2D eigenvalue weighted by molar-refractivity contribution is 5.82. The van der Waals surface area contributed by atoms with Gasteiger partial charge in [0.2, 0.25) is 0 Å². The number of nitrogens with zero attached hydrogens (tertiary/aromatic N) is 1. The number of carbonyl (C=O) groups excluding carboxylic acids is 1. The number of rotatable bonds is 4. The third-order valence-electron chi connectivity index (χ3n) is 4.27. The molecule has 0 fully saturated rings. The summed E-state index contributed by atoms with van der Waals surface area (Å²) in [6.07, 6.45) is 0.632. The van der Waals surface area contributed by atoms with E-state index in [4.69, 9.17) is 14.3 Å². The van der Waals surface area contributed by atoms with Crippen LogP contribution >= 0.6 is 0 Å². The largest absolute Gasteiger partial charge is 0.448 e. The second kappa shape index (κ2) is 6.41. The van der Waals surface area contributed by atoms with Crippen molar-refractivity contribution in [2.45, 2.75) is 12.5 Å². The second-order valence-corrected chi connectivity index (χ2v) is 5.75. The molecule has 126 valence electrons. The Hall–Kier alpha value is -3.12. The van der Waals surface area contributed by atoms with E-state index in [2.05, 4.69) is 34.6 Å². The van der Waals surface area contributed by atoms with Crippen LogP contribution in [-0.2, 0) is 11.3 Å². The fourth-order valence-corrected chi connectivity index (χ4v) is 3.16. The Morgan fingerprint density at radius 1 is 1.12 bits per heavy atom. The molecule has 4 rings (SSSR count). The van der Waals surface area contributed by atoms with Crippen LogP contribution < -0.4 is 5.32 Å². The Morgan fingerprint density at radius 2 is 1.76 bits per heavy atom. The number of aromatic nitrogens is 1. The molecule has 0 saturated carbocycles. The number of aliphatic hydroxyl groups is 1. The first-order valence-corrected chi connectivity index (χ1v) is 7.93. The summed E-state index contributed by atoms with van der Waals surface area (Å²) in [5, 5.41) is 11.4. The first-order valence-electron chi connectivity index (χ1n) is 7.93. The van der Waals surface area contributed by atoms with Crippen LogP contribution in [0.15, 0.2) is 59.2 Å². The van der Waals surface area contributed by atoms with Crippen molar-refractivity contribution in [3.8, 4) is 11.1 Å². The zero-order valence-electron chi connectivity index (χ0n) is 13.3. The molecule has 6 nitrogen and oxygen atoms in total. The van der Waals surface area contributed by atoms with Crippen LogP contribution in [0.3, 0.4) is 0 Å². The van der Waals surface area contributed by atoms with E-state index in [0.717, 1.165) is 11.1 Å². The summed E-state index contributed by atoms with van der Waals surface area (Å²) >= 11 is 0. The lowest BCUT2D eigenvalue weighted by Gasteiger charge is -2.13. The van der Waals surface area contributed by atoms with Crippen molar-refractivity contribution < 1.29 is 19.1 Å². The number of ether oxygens (including phenoxy) is 1. The molecule has 0 unspecified atom stereocenters. The van der Waals surface area contributed by atoms with Gasteiger partial charge in [0.25, 0.3) is 0 Å². The Balaban J connectivity index is 1.48. The summed E-state index contributed by atoms with van der Waals surface area (Å²) in [4.78, 5) is 15.9. The number of carbonyl (C=O) groups is 1. The molecule has 1 aliphatic rings. The molecule has 1 heterocycles. The minimum Gasteiger partial charge on any atom is -0.448 e. The van der Waals surface area contributed by atoms with E-state index >= 15 is 0 Å². The SMILES string of the molecule is O=C(Nc1nc(CO)co1)OCC1c2ccccc2-c2ccccc21. The Kier molecular flexibility index (Phi) is 3.95. The number of hydrogen-bond acceptors (Lipinski definition) is 5. The molecule has 1 amide bonds. The average molecular weight is 336 g/mol. The summed E-state index contributed by atoms with van der Waals surface area (Å²) < 4.78 is 10.4. The van der Waals surface area contributed by atoms with E-state index in [1.54, 1.807) is 0 Å². The lowest BCUT2D eigenvalue weighted by molar-refractivity contribution is 0.157. The zero-order chi connectivity index (χ0) is 17.2. The van der Waals surface area contributed by atoms with Gasteiger partial charge in [-0.1, -0.05) is 48.5 Å². The maximum absolute atomic E-state index is 12.0. The van der Waals surface area contributed by atoms with Crippen molar-refractivity contribution in [2.75, 3.05) is 11.9 Å². The number of aliphatic hydroxyl groups excluding tert-OH is 1. The van der Waals surface area contributed by atoms with Crippen molar-refractivity contribution in [2.24, 2.45) is 0 Å². The minimum atomic E-state index is -0.645. The predicted molar refractivity (Wildman–Crippen MR) is 91.1 cm³/mol. The van der Waals surface area contributed by atoms with E-state index in [1.165, 1.54) is 17.4 Å². The number of fused-ring (bicyclic) bond motifs is 3. The normalized spacial score (nSPS) is 12.5. The highest BCUT2D eigenvalue weighted by atomic mass is 16.6. The number of anilines is 1. The summed E-state index contributed by atoms with van der Waals surface area (Å²) in [6.45, 7) is -0.0384. The summed E-state index contributed by atoms with van der Waals surface area (Å²) in [5.74, 6) is -0.00397. The first-order chi connectivity index (χ1) is 12.3. The Morgan fingerprint density at radius 3 is 2.36 bits per heavy atom. The Bertz CT molecular complexity index is 874. The van der Waals surface area contributed by atoms with Crippen molar-refractivity contribution >= 4 is 12.1 Å². The third kappa shape index (κ3) is 2.88. The van der Waals surface area contributed by atoms with Crippen molar-refractivity contribution in [1.29, 1.82) is 0 Å². The molecule has 0 bridgehead atoms. The molecule has 2 aromatic carbocycles. The minimum absolute atomic E-state index is 0.00118. The molecule has 1 aliphatic carbocycles. The van der Waals surface area contributed by atoms with E-state index in [9.17, 15) is 4.79 Å². The number of amides is 1. The molecule has 1 aromatic heterocycles. The molecule has 6 heteroatoms. The quantitative estimate of drug-likeness (QED) is 0.761. The third-order valence-corrected chi connectivity index (χ3v) is 4.27.